The first-order valence-corrected chi connectivity index (χ1v) is 4.55. The highest BCUT2D eigenvalue weighted by atomic mass is 32.1. The number of rotatable bonds is 1. The van der Waals surface area contributed by atoms with E-state index in [0.717, 1.165) is 15.9 Å². The van der Waals surface area contributed by atoms with Gasteiger partial charge in [-0.3, -0.25) is 4.68 Å². The monoisotopic (exact) mass is 195 g/mol. The lowest BCUT2D eigenvalue weighted by molar-refractivity contribution is -0.254. The summed E-state index contributed by atoms with van der Waals surface area (Å²) in [5.41, 5.74) is 0.848. The van der Waals surface area contributed by atoms with Gasteiger partial charge in [0.1, 0.15) is 4.83 Å². The molecule has 0 atom stereocenters. The van der Waals surface area contributed by atoms with Crippen LogP contribution < -0.4 is 5.11 Å². The zero-order valence-electron chi connectivity index (χ0n) is 7.20. The van der Waals surface area contributed by atoms with E-state index in [-0.39, 0.29) is 4.88 Å². The van der Waals surface area contributed by atoms with Crippen LogP contribution in [0.1, 0.15) is 15.4 Å². The number of aromatic nitrogens is 2. The van der Waals surface area contributed by atoms with Crippen molar-refractivity contribution in [2.24, 2.45) is 7.05 Å². The predicted molar refractivity (Wildman–Crippen MR) is 47.7 cm³/mol. The molecule has 0 radical (unpaired) electrons. The fourth-order valence-electron chi connectivity index (χ4n) is 1.31. The number of hydrogen-bond donors (Lipinski definition) is 0. The first-order valence-electron chi connectivity index (χ1n) is 3.74. The molecule has 2 aromatic heterocycles. The standard InChI is InChI=1S/C8H8N2O2S/c1-4-5-3-6(8(11)12)13-7(5)10(2)9-4/h3H,1-2H3,(H,11,12)/p-1. The van der Waals surface area contributed by atoms with Gasteiger partial charge < -0.3 is 9.90 Å². The molecule has 0 aliphatic carbocycles. The summed E-state index contributed by atoms with van der Waals surface area (Å²) in [6, 6.07) is 1.61. The van der Waals surface area contributed by atoms with E-state index >= 15 is 0 Å². The van der Waals surface area contributed by atoms with Crippen molar-refractivity contribution in [2.75, 3.05) is 0 Å². The molecule has 0 bridgehead atoms. The fraction of sp³-hybridized carbons (Fsp3) is 0.250. The van der Waals surface area contributed by atoms with Crippen LogP contribution in [0, 0.1) is 6.92 Å². The second-order valence-electron chi connectivity index (χ2n) is 2.83. The molecule has 0 aromatic carbocycles. The van der Waals surface area contributed by atoms with Crippen LogP contribution in [0.25, 0.3) is 10.2 Å². The maximum absolute atomic E-state index is 10.6. The lowest BCUT2D eigenvalue weighted by Gasteiger charge is -1.94. The average molecular weight is 195 g/mol. The van der Waals surface area contributed by atoms with Gasteiger partial charge in [0.2, 0.25) is 0 Å². The van der Waals surface area contributed by atoms with E-state index in [9.17, 15) is 9.90 Å². The summed E-state index contributed by atoms with van der Waals surface area (Å²) in [7, 11) is 1.80. The topological polar surface area (TPSA) is 58.0 Å². The summed E-state index contributed by atoms with van der Waals surface area (Å²) >= 11 is 1.19. The predicted octanol–water partition coefficient (Wildman–Crippen LogP) is 0.307. The molecule has 2 heterocycles. The van der Waals surface area contributed by atoms with Gasteiger partial charge in [0.25, 0.3) is 0 Å². The summed E-state index contributed by atoms with van der Waals surface area (Å²) in [6.45, 7) is 1.86. The van der Waals surface area contributed by atoms with Crippen LogP contribution in [0.5, 0.6) is 0 Å². The Bertz CT molecular complexity index is 449. The molecule has 0 N–H and O–H groups in total. The summed E-state index contributed by atoms with van der Waals surface area (Å²) in [6.07, 6.45) is 0. The third-order valence-corrected chi connectivity index (χ3v) is 3.08. The zero-order chi connectivity index (χ0) is 9.59. The zero-order valence-corrected chi connectivity index (χ0v) is 8.01. The van der Waals surface area contributed by atoms with Crippen molar-refractivity contribution in [1.82, 2.24) is 9.78 Å². The molecule has 13 heavy (non-hydrogen) atoms. The quantitative estimate of drug-likeness (QED) is 0.658. The molecular formula is C8H7N2O2S-. The van der Waals surface area contributed by atoms with Gasteiger partial charge in [0.05, 0.1) is 16.5 Å². The second kappa shape index (κ2) is 2.56. The third kappa shape index (κ3) is 1.12. The van der Waals surface area contributed by atoms with Gasteiger partial charge in [-0.05, 0) is 13.0 Å². The molecule has 0 saturated carbocycles. The number of carboxylic acids is 1. The van der Waals surface area contributed by atoms with Crippen molar-refractivity contribution in [1.29, 1.82) is 0 Å². The van der Waals surface area contributed by atoms with E-state index in [0.29, 0.717) is 0 Å². The number of fused-ring (bicyclic) bond motifs is 1. The molecule has 0 amide bonds. The Morgan fingerprint density at radius 3 is 2.92 bits per heavy atom. The number of thiophene rings is 1. The van der Waals surface area contributed by atoms with Gasteiger partial charge in [-0.25, -0.2) is 0 Å². The number of carbonyl (C=O) groups is 1. The second-order valence-corrected chi connectivity index (χ2v) is 3.86. The van der Waals surface area contributed by atoms with E-state index in [1.807, 2.05) is 6.92 Å². The minimum atomic E-state index is -1.12. The molecule has 0 aliphatic rings. The molecule has 0 saturated heterocycles. The van der Waals surface area contributed by atoms with Crippen molar-refractivity contribution in [2.45, 2.75) is 6.92 Å². The normalized spacial score (nSPS) is 10.9. The number of carboxylic acid groups (broad SMARTS) is 1. The molecule has 0 aliphatic heterocycles. The Morgan fingerprint density at radius 2 is 2.38 bits per heavy atom. The number of aromatic carboxylic acids is 1. The lowest BCUT2D eigenvalue weighted by Crippen LogP contribution is -2.20. The van der Waals surface area contributed by atoms with Crippen LogP contribution in [0.3, 0.4) is 0 Å². The van der Waals surface area contributed by atoms with Crippen LogP contribution in [0.15, 0.2) is 6.07 Å². The molecule has 0 unspecified atom stereocenters. The van der Waals surface area contributed by atoms with E-state index < -0.39 is 5.97 Å². The van der Waals surface area contributed by atoms with Crippen molar-refractivity contribution >= 4 is 27.5 Å². The van der Waals surface area contributed by atoms with Crippen LogP contribution in [-0.4, -0.2) is 15.7 Å². The van der Waals surface area contributed by atoms with Crippen LogP contribution in [-0.2, 0) is 7.05 Å². The summed E-state index contributed by atoms with van der Waals surface area (Å²) in [4.78, 5) is 11.7. The molecule has 5 heteroatoms. The smallest absolute Gasteiger partial charge is 0.121 e. The summed E-state index contributed by atoms with van der Waals surface area (Å²) < 4.78 is 1.68. The van der Waals surface area contributed by atoms with Gasteiger partial charge in [0.15, 0.2) is 0 Å². The highest BCUT2D eigenvalue weighted by molar-refractivity contribution is 7.20. The summed E-state index contributed by atoms with van der Waals surface area (Å²) in [5.74, 6) is -1.12. The lowest BCUT2D eigenvalue weighted by atomic mass is 10.3. The van der Waals surface area contributed by atoms with Crippen LogP contribution >= 0.6 is 11.3 Å². The molecule has 0 fully saturated rings. The van der Waals surface area contributed by atoms with E-state index in [2.05, 4.69) is 5.10 Å². The molecule has 2 rings (SSSR count). The van der Waals surface area contributed by atoms with E-state index in [4.69, 9.17) is 0 Å². The largest absolute Gasteiger partial charge is 0.544 e. The van der Waals surface area contributed by atoms with Gasteiger partial charge in [-0.1, -0.05) is 0 Å². The number of carbonyl (C=O) groups excluding carboxylic acids is 1. The van der Waals surface area contributed by atoms with E-state index in [1.54, 1.807) is 17.8 Å². The minimum absolute atomic E-state index is 0.256. The Morgan fingerprint density at radius 1 is 1.69 bits per heavy atom. The minimum Gasteiger partial charge on any atom is -0.544 e. The number of aryl methyl sites for hydroxylation is 2. The SMILES string of the molecule is Cc1nn(C)c2sc(C(=O)[O-])cc12. The molecule has 68 valence electrons. The Labute approximate surface area is 78.4 Å². The third-order valence-electron chi connectivity index (χ3n) is 1.90. The first-order chi connectivity index (χ1) is 6.09. The first kappa shape index (κ1) is 8.25. The van der Waals surface area contributed by atoms with Gasteiger partial charge >= 0.3 is 0 Å². The average Bonchev–Trinajstić information content (AvgIpc) is 2.55. The number of nitrogens with zero attached hydrogens (tertiary/aromatic N) is 2. The van der Waals surface area contributed by atoms with Gasteiger partial charge in [-0.2, -0.15) is 5.10 Å². The van der Waals surface area contributed by atoms with Crippen LogP contribution in [0.4, 0.5) is 0 Å². The maximum atomic E-state index is 10.6. The van der Waals surface area contributed by atoms with Crippen molar-refractivity contribution in [3.63, 3.8) is 0 Å². The molecular weight excluding hydrogens is 188 g/mol. The van der Waals surface area contributed by atoms with Crippen molar-refractivity contribution in [3.8, 4) is 0 Å². The Kier molecular flexibility index (Phi) is 1.63. The molecule has 2 aromatic rings. The Hall–Kier alpha value is -1.36. The Balaban J connectivity index is 2.76. The van der Waals surface area contributed by atoms with Crippen molar-refractivity contribution < 1.29 is 9.90 Å². The van der Waals surface area contributed by atoms with Crippen molar-refractivity contribution in [3.05, 3.63) is 16.6 Å². The number of hydrogen-bond acceptors (Lipinski definition) is 4. The van der Waals surface area contributed by atoms with Gasteiger partial charge in [-0.15, -0.1) is 11.3 Å². The highest BCUT2D eigenvalue weighted by Crippen LogP contribution is 2.26. The van der Waals surface area contributed by atoms with Gasteiger partial charge in [0, 0.05) is 12.4 Å². The van der Waals surface area contributed by atoms with Crippen LogP contribution in [0.2, 0.25) is 0 Å². The fourth-order valence-corrected chi connectivity index (χ4v) is 2.26. The van der Waals surface area contributed by atoms with E-state index in [1.165, 1.54) is 11.3 Å². The highest BCUT2D eigenvalue weighted by Gasteiger charge is 2.09. The molecule has 0 spiro atoms. The molecule has 4 nitrogen and oxygen atoms in total. The summed E-state index contributed by atoms with van der Waals surface area (Å²) in [5, 5.41) is 15.6. The maximum Gasteiger partial charge on any atom is 0.121 e.